The van der Waals surface area contributed by atoms with Gasteiger partial charge in [0.05, 0.1) is 5.75 Å². The van der Waals surface area contributed by atoms with Gasteiger partial charge in [-0.15, -0.1) is 0 Å². The zero-order valence-electron chi connectivity index (χ0n) is 7.74. The lowest BCUT2D eigenvalue weighted by molar-refractivity contribution is -0.134. The van der Waals surface area contributed by atoms with Crippen LogP contribution in [0.3, 0.4) is 0 Å². The van der Waals surface area contributed by atoms with Crippen LogP contribution in [0.4, 0.5) is 0 Å². The van der Waals surface area contributed by atoms with Crippen molar-refractivity contribution in [2.75, 3.05) is 5.75 Å². The summed E-state index contributed by atoms with van der Waals surface area (Å²) in [7, 11) is -3.66. The molecule has 0 heterocycles. The highest BCUT2D eigenvalue weighted by atomic mass is 32.2. The van der Waals surface area contributed by atoms with Crippen LogP contribution in [0.2, 0.25) is 0 Å². The molecule has 0 rings (SSSR count). The van der Waals surface area contributed by atoms with Crippen molar-refractivity contribution in [2.45, 2.75) is 6.92 Å². The van der Waals surface area contributed by atoms with Gasteiger partial charge in [0.1, 0.15) is 0 Å². The minimum atomic E-state index is -3.66. The van der Waals surface area contributed by atoms with Crippen LogP contribution in [0.15, 0.2) is 12.2 Å². The third-order valence-electron chi connectivity index (χ3n) is 0.733. The Bertz CT molecular complexity index is 298. The van der Waals surface area contributed by atoms with Crippen molar-refractivity contribution < 1.29 is 38.2 Å². The van der Waals surface area contributed by atoms with E-state index in [1.807, 2.05) is 0 Å². The molecule has 90 valence electrons. The SMILES string of the molecule is CCS(=O)(=O)O.O.O=C(O)/C=C\C(=O)O. The maximum Gasteiger partial charge on any atom is 0.328 e. The highest BCUT2D eigenvalue weighted by molar-refractivity contribution is 7.85. The first kappa shape index (κ1) is 19.2. The third kappa shape index (κ3) is 32.6. The van der Waals surface area contributed by atoms with Gasteiger partial charge < -0.3 is 15.7 Å². The number of hydrogen-bond acceptors (Lipinski definition) is 4. The molecule has 0 saturated carbocycles. The minimum absolute atomic E-state index is 0. The van der Waals surface area contributed by atoms with Crippen molar-refractivity contribution in [3.8, 4) is 0 Å². The van der Waals surface area contributed by atoms with Crippen molar-refractivity contribution >= 4 is 22.1 Å². The maximum atomic E-state index is 9.56. The molecule has 15 heavy (non-hydrogen) atoms. The summed E-state index contributed by atoms with van der Waals surface area (Å²) in [5.41, 5.74) is 0. The second-order valence-corrected chi connectivity index (χ2v) is 3.62. The van der Waals surface area contributed by atoms with Gasteiger partial charge in [-0.25, -0.2) is 9.59 Å². The fourth-order valence-electron chi connectivity index (χ4n) is 0.143. The van der Waals surface area contributed by atoms with Crippen LogP contribution in [0, 0.1) is 0 Å². The van der Waals surface area contributed by atoms with Gasteiger partial charge in [0.2, 0.25) is 0 Å². The average Bonchev–Trinajstić information content (AvgIpc) is 2.01. The second-order valence-electron chi connectivity index (χ2n) is 1.88. The molecule has 8 nitrogen and oxygen atoms in total. The zero-order valence-corrected chi connectivity index (χ0v) is 8.56. The lowest BCUT2D eigenvalue weighted by Gasteiger charge is -1.79. The quantitative estimate of drug-likeness (QED) is 0.414. The topological polar surface area (TPSA) is 160 Å². The summed E-state index contributed by atoms with van der Waals surface area (Å²) in [6, 6.07) is 0. The fourth-order valence-corrected chi connectivity index (χ4v) is 0.143. The van der Waals surface area contributed by atoms with Crippen LogP contribution < -0.4 is 0 Å². The highest BCUT2D eigenvalue weighted by Gasteiger charge is 1.93. The van der Waals surface area contributed by atoms with Crippen LogP contribution in [-0.2, 0) is 19.7 Å². The first-order chi connectivity index (χ1) is 6.19. The molecular formula is C6H12O8S. The Kier molecular flexibility index (Phi) is 11.7. The highest BCUT2D eigenvalue weighted by Crippen LogP contribution is 1.74. The average molecular weight is 244 g/mol. The van der Waals surface area contributed by atoms with Crippen LogP contribution >= 0.6 is 0 Å². The minimum Gasteiger partial charge on any atom is -0.478 e. The molecule has 0 radical (unpaired) electrons. The number of aliphatic carboxylic acids is 2. The molecule has 0 aliphatic rings. The molecule has 0 saturated heterocycles. The molecule has 0 aromatic carbocycles. The molecule has 0 aliphatic heterocycles. The van der Waals surface area contributed by atoms with E-state index in [9.17, 15) is 18.0 Å². The van der Waals surface area contributed by atoms with E-state index >= 15 is 0 Å². The Morgan fingerprint density at radius 1 is 1.13 bits per heavy atom. The summed E-state index contributed by atoms with van der Waals surface area (Å²) in [6.07, 6.45) is 1.12. The van der Waals surface area contributed by atoms with Gasteiger partial charge in [0.25, 0.3) is 10.1 Å². The number of rotatable bonds is 3. The predicted octanol–water partition coefficient (Wildman–Crippen LogP) is -1.22. The van der Waals surface area contributed by atoms with Crippen LogP contribution in [0.5, 0.6) is 0 Å². The van der Waals surface area contributed by atoms with Crippen LogP contribution in [-0.4, -0.2) is 46.4 Å². The Morgan fingerprint density at radius 2 is 1.33 bits per heavy atom. The number of carboxylic acid groups (broad SMARTS) is 2. The van der Waals surface area contributed by atoms with E-state index in [1.165, 1.54) is 6.92 Å². The van der Waals surface area contributed by atoms with E-state index < -0.39 is 22.1 Å². The summed E-state index contributed by atoms with van der Waals surface area (Å²) in [6.45, 7) is 1.37. The Morgan fingerprint density at radius 3 is 1.40 bits per heavy atom. The van der Waals surface area contributed by atoms with Gasteiger partial charge in [-0.3, -0.25) is 4.55 Å². The fraction of sp³-hybridized carbons (Fsp3) is 0.333. The van der Waals surface area contributed by atoms with Crippen molar-refractivity contribution in [3.05, 3.63) is 12.2 Å². The molecular weight excluding hydrogens is 232 g/mol. The van der Waals surface area contributed by atoms with Gasteiger partial charge in [-0.2, -0.15) is 8.42 Å². The van der Waals surface area contributed by atoms with Crippen molar-refractivity contribution in [1.29, 1.82) is 0 Å². The van der Waals surface area contributed by atoms with E-state index in [2.05, 4.69) is 0 Å². The monoisotopic (exact) mass is 244 g/mol. The Balaban J connectivity index is -0.000000187. The van der Waals surface area contributed by atoms with Gasteiger partial charge in [-0.05, 0) is 6.92 Å². The summed E-state index contributed by atoms with van der Waals surface area (Å²) >= 11 is 0. The van der Waals surface area contributed by atoms with Gasteiger partial charge in [0.15, 0.2) is 0 Å². The van der Waals surface area contributed by atoms with E-state index in [1.54, 1.807) is 0 Å². The van der Waals surface area contributed by atoms with Crippen LogP contribution in [0.25, 0.3) is 0 Å². The second kappa shape index (κ2) is 9.12. The van der Waals surface area contributed by atoms with Crippen LogP contribution in [0.1, 0.15) is 6.92 Å². The number of carbonyl (C=O) groups is 2. The van der Waals surface area contributed by atoms with Gasteiger partial charge in [-0.1, -0.05) is 0 Å². The first-order valence-electron chi connectivity index (χ1n) is 3.28. The molecule has 0 aromatic heterocycles. The van der Waals surface area contributed by atoms with Gasteiger partial charge >= 0.3 is 11.9 Å². The molecule has 0 bridgehead atoms. The van der Waals surface area contributed by atoms with Crippen molar-refractivity contribution in [3.63, 3.8) is 0 Å². The summed E-state index contributed by atoms with van der Waals surface area (Å²) in [4.78, 5) is 19.1. The number of hydrogen-bond donors (Lipinski definition) is 3. The molecule has 0 aliphatic carbocycles. The molecule has 9 heteroatoms. The molecule has 0 fully saturated rings. The molecule has 0 spiro atoms. The van der Waals surface area contributed by atoms with Gasteiger partial charge in [0, 0.05) is 12.2 Å². The molecule has 0 unspecified atom stereocenters. The summed E-state index contributed by atoms with van der Waals surface area (Å²) < 4.78 is 26.9. The third-order valence-corrected chi connectivity index (χ3v) is 1.46. The normalized spacial score (nSPS) is 9.73. The Labute approximate surface area is 85.9 Å². The van der Waals surface area contributed by atoms with E-state index in [4.69, 9.17) is 14.8 Å². The van der Waals surface area contributed by atoms with Crippen molar-refractivity contribution in [2.24, 2.45) is 0 Å². The standard InChI is InChI=1S/C4H4O4.C2H6O3S.H2O/c5-3(6)1-2-4(7)8;1-2-6(3,4)5;/h1-2H,(H,5,6)(H,7,8);2H2,1H3,(H,3,4,5);1H2/b2-1-;;. The zero-order chi connectivity index (χ0) is 11.8. The smallest absolute Gasteiger partial charge is 0.328 e. The lowest BCUT2D eigenvalue weighted by Crippen LogP contribution is -1.97. The van der Waals surface area contributed by atoms with E-state index in [-0.39, 0.29) is 11.2 Å². The Hall–Kier alpha value is -1.45. The van der Waals surface area contributed by atoms with E-state index in [0.29, 0.717) is 12.2 Å². The molecule has 0 amide bonds. The predicted molar refractivity (Wildman–Crippen MR) is 50.1 cm³/mol. The van der Waals surface area contributed by atoms with Crippen molar-refractivity contribution in [1.82, 2.24) is 0 Å². The summed E-state index contributed by atoms with van der Waals surface area (Å²) in [5, 5.41) is 15.6. The first-order valence-corrected chi connectivity index (χ1v) is 4.89. The molecule has 0 atom stereocenters. The summed E-state index contributed by atoms with van der Waals surface area (Å²) in [5.74, 6) is -2.72. The lowest BCUT2D eigenvalue weighted by atomic mass is 10.5. The number of carboxylic acids is 2. The van der Waals surface area contributed by atoms with E-state index in [0.717, 1.165) is 0 Å². The largest absolute Gasteiger partial charge is 0.478 e. The molecule has 5 N–H and O–H groups in total. The maximum absolute atomic E-state index is 9.56. The molecule has 0 aromatic rings.